The molecule has 49 heavy (non-hydrogen) atoms. The fraction of sp³-hybridized carbons (Fsp3) is 0.106. The van der Waals surface area contributed by atoms with Crippen LogP contribution in [-0.4, -0.2) is 0 Å². The second kappa shape index (κ2) is 12.7. The highest BCUT2D eigenvalue weighted by molar-refractivity contribution is 6.00. The van der Waals surface area contributed by atoms with Gasteiger partial charge in [-0.2, -0.15) is 0 Å². The van der Waals surface area contributed by atoms with Crippen LogP contribution in [0.25, 0.3) is 49.9 Å². The van der Waals surface area contributed by atoms with E-state index >= 15 is 0 Å². The quantitative estimate of drug-likeness (QED) is 0.164. The summed E-state index contributed by atoms with van der Waals surface area (Å²) in [5, 5.41) is 6.28. The molecule has 0 fully saturated rings. The van der Waals surface area contributed by atoms with Gasteiger partial charge in [-0.25, -0.2) is 0 Å². The number of allylic oxidation sites excluding steroid dienone is 1. The van der Waals surface area contributed by atoms with E-state index in [0.717, 1.165) is 23.2 Å². The molecule has 0 aromatic heterocycles. The average Bonchev–Trinajstić information content (AvgIpc) is 3.38. The van der Waals surface area contributed by atoms with Crippen LogP contribution in [0.5, 0.6) is 0 Å². The Kier molecular flexibility index (Phi) is 7.95. The van der Waals surface area contributed by atoms with E-state index in [1.165, 1.54) is 60.8 Å². The van der Waals surface area contributed by atoms with Gasteiger partial charge in [0.05, 0.1) is 0 Å². The number of benzene rings is 7. The molecule has 3 N–H and O–H groups in total. The van der Waals surface area contributed by atoms with Crippen LogP contribution in [0.15, 0.2) is 170 Å². The summed E-state index contributed by atoms with van der Waals surface area (Å²) in [6, 6.07) is 58.8. The van der Waals surface area contributed by atoms with Crippen LogP contribution in [0.4, 0.5) is 0 Å². The van der Waals surface area contributed by atoms with Crippen molar-refractivity contribution >= 4 is 16.5 Å². The summed E-state index contributed by atoms with van der Waals surface area (Å²) in [4.78, 5) is 0. The van der Waals surface area contributed by atoms with E-state index < -0.39 is 0 Å². The minimum Gasteiger partial charge on any atom is -0.366 e. The van der Waals surface area contributed by atoms with Crippen molar-refractivity contribution in [1.82, 2.24) is 5.32 Å². The topological polar surface area (TPSA) is 38.0 Å². The number of nitrogens with one attached hydrogen (secondary N) is 1. The Bertz CT molecular complexity index is 2300. The van der Waals surface area contributed by atoms with E-state index in [1.54, 1.807) is 0 Å². The molecular weight excluding hydrogens is 593 g/mol. The van der Waals surface area contributed by atoms with E-state index in [1.807, 2.05) is 18.2 Å². The van der Waals surface area contributed by atoms with Crippen LogP contribution >= 0.6 is 0 Å². The second-order valence-corrected chi connectivity index (χ2v) is 13.6. The zero-order chi connectivity index (χ0) is 33.4. The van der Waals surface area contributed by atoms with Crippen molar-refractivity contribution in [1.29, 1.82) is 0 Å². The number of fused-ring (bicyclic) bond motifs is 4. The van der Waals surface area contributed by atoms with Crippen LogP contribution in [0.2, 0.25) is 0 Å². The molecular formula is C47H40N2. The molecule has 0 amide bonds. The van der Waals surface area contributed by atoms with Crippen molar-refractivity contribution in [3.63, 3.8) is 0 Å². The zero-order valence-electron chi connectivity index (χ0n) is 28.0. The van der Waals surface area contributed by atoms with Crippen molar-refractivity contribution in [3.05, 3.63) is 198 Å². The number of nitrogens with two attached hydrogens (primary N) is 1. The highest BCUT2D eigenvalue weighted by Gasteiger charge is 2.37. The Hall–Kier alpha value is -5.70. The van der Waals surface area contributed by atoms with Gasteiger partial charge in [-0.1, -0.05) is 172 Å². The molecule has 2 heteroatoms. The van der Waals surface area contributed by atoms with Gasteiger partial charge in [-0.15, -0.1) is 0 Å². The van der Waals surface area contributed by atoms with Crippen molar-refractivity contribution in [3.8, 4) is 33.4 Å². The van der Waals surface area contributed by atoms with Gasteiger partial charge in [-0.3, -0.25) is 0 Å². The van der Waals surface area contributed by atoms with E-state index in [0.29, 0.717) is 0 Å². The molecule has 0 heterocycles. The van der Waals surface area contributed by atoms with Crippen molar-refractivity contribution in [2.24, 2.45) is 5.73 Å². The van der Waals surface area contributed by atoms with Gasteiger partial charge in [0.15, 0.2) is 0 Å². The van der Waals surface area contributed by atoms with Gasteiger partial charge in [0.1, 0.15) is 6.17 Å². The fourth-order valence-corrected chi connectivity index (χ4v) is 7.49. The lowest BCUT2D eigenvalue weighted by atomic mass is 9.81. The smallest absolute Gasteiger partial charge is 0.101 e. The highest BCUT2D eigenvalue weighted by atomic mass is 15.0. The highest BCUT2D eigenvalue weighted by Crippen LogP contribution is 2.53. The molecule has 0 radical (unpaired) electrons. The lowest BCUT2D eigenvalue weighted by Gasteiger charge is -2.23. The Balaban J connectivity index is 1.24. The SMILES string of the molecule is CC1(C)c2cc3ccccc3cc2-c2c(-c3ccccc3/C(=C/Cc3ccc(-c4ccccc4)cc3)NC(N)c3ccccc3)cccc21. The summed E-state index contributed by atoms with van der Waals surface area (Å²) in [5.74, 6) is 0. The summed E-state index contributed by atoms with van der Waals surface area (Å²) in [7, 11) is 0. The van der Waals surface area contributed by atoms with Gasteiger partial charge in [0.2, 0.25) is 0 Å². The molecule has 1 atom stereocenters. The van der Waals surface area contributed by atoms with Crippen LogP contribution in [0.3, 0.4) is 0 Å². The minimum atomic E-state index is -0.367. The Morgan fingerprint density at radius 3 is 1.96 bits per heavy atom. The van der Waals surface area contributed by atoms with Crippen LogP contribution in [0.1, 0.15) is 47.8 Å². The molecule has 0 saturated heterocycles. The molecule has 238 valence electrons. The summed E-state index contributed by atoms with van der Waals surface area (Å²) >= 11 is 0. The molecule has 1 aliphatic carbocycles. The molecule has 8 rings (SSSR count). The summed E-state index contributed by atoms with van der Waals surface area (Å²) < 4.78 is 0. The predicted molar refractivity (Wildman–Crippen MR) is 207 cm³/mol. The third kappa shape index (κ3) is 5.75. The van der Waals surface area contributed by atoms with Crippen molar-refractivity contribution < 1.29 is 0 Å². The first-order valence-electron chi connectivity index (χ1n) is 17.2. The fourth-order valence-electron chi connectivity index (χ4n) is 7.49. The molecule has 0 bridgehead atoms. The molecule has 0 spiro atoms. The number of rotatable bonds is 8. The normalized spacial score (nSPS) is 13.9. The average molecular weight is 633 g/mol. The monoisotopic (exact) mass is 632 g/mol. The maximum Gasteiger partial charge on any atom is 0.101 e. The molecule has 2 nitrogen and oxygen atoms in total. The maximum atomic E-state index is 6.87. The van der Waals surface area contributed by atoms with E-state index in [2.05, 4.69) is 171 Å². The first kappa shape index (κ1) is 30.6. The zero-order valence-corrected chi connectivity index (χ0v) is 28.0. The molecule has 1 aliphatic rings. The molecule has 7 aromatic rings. The van der Waals surface area contributed by atoms with E-state index in [4.69, 9.17) is 5.73 Å². The van der Waals surface area contributed by atoms with Crippen LogP contribution in [0, 0.1) is 0 Å². The van der Waals surface area contributed by atoms with E-state index in [9.17, 15) is 0 Å². The summed E-state index contributed by atoms with van der Waals surface area (Å²) in [5.41, 5.74) is 21.5. The lowest BCUT2D eigenvalue weighted by Crippen LogP contribution is -2.27. The third-order valence-electron chi connectivity index (χ3n) is 10.1. The van der Waals surface area contributed by atoms with E-state index in [-0.39, 0.29) is 11.6 Å². The van der Waals surface area contributed by atoms with Gasteiger partial charge in [-0.05, 0) is 85.0 Å². The maximum absolute atomic E-state index is 6.87. The largest absolute Gasteiger partial charge is 0.366 e. The lowest BCUT2D eigenvalue weighted by molar-refractivity contribution is 0.661. The first-order valence-corrected chi connectivity index (χ1v) is 17.2. The Morgan fingerprint density at radius 1 is 0.592 bits per heavy atom. The van der Waals surface area contributed by atoms with Gasteiger partial charge in [0, 0.05) is 16.7 Å². The molecule has 1 unspecified atom stereocenters. The molecule has 7 aromatic carbocycles. The molecule has 0 saturated carbocycles. The molecule has 0 aliphatic heterocycles. The number of hydrogen-bond donors (Lipinski definition) is 2. The van der Waals surface area contributed by atoms with Crippen LogP contribution in [-0.2, 0) is 11.8 Å². The summed E-state index contributed by atoms with van der Waals surface area (Å²) in [6.07, 6.45) is 2.70. The second-order valence-electron chi connectivity index (χ2n) is 13.6. The summed E-state index contributed by atoms with van der Waals surface area (Å²) in [6.45, 7) is 4.72. The van der Waals surface area contributed by atoms with Crippen LogP contribution < -0.4 is 11.1 Å². The predicted octanol–water partition coefficient (Wildman–Crippen LogP) is 11.3. The number of hydrogen-bond acceptors (Lipinski definition) is 2. The van der Waals surface area contributed by atoms with Gasteiger partial charge < -0.3 is 11.1 Å². The van der Waals surface area contributed by atoms with Crippen molar-refractivity contribution in [2.45, 2.75) is 31.8 Å². The minimum absolute atomic E-state index is 0.113. The standard InChI is InChI=1S/C47H40N2/c1-47(2)42-23-13-22-40(45(42)41-30-36-18-9-10-19-37(36)31-43(41)47)38-20-11-12-21-39(38)44(49-46(48)35-16-7-4-8-17-35)29-26-32-24-27-34(28-25-32)33-14-5-3-6-15-33/h3-25,27-31,46,49H,26,48H2,1-2H3/b44-29-. The van der Waals surface area contributed by atoms with Crippen molar-refractivity contribution in [2.75, 3.05) is 0 Å². The first-order chi connectivity index (χ1) is 24.0. The van der Waals surface area contributed by atoms with Gasteiger partial charge in [0.25, 0.3) is 0 Å². The Morgan fingerprint density at radius 2 is 1.20 bits per heavy atom. The van der Waals surface area contributed by atoms with Gasteiger partial charge >= 0.3 is 0 Å². The third-order valence-corrected chi connectivity index (χ3v) is 10.1. The Labute approximate surface area is 289 Å².